The number of benzene rings is 3. The molecular weight excluding hydrogens is 454 g/mol. The van der Waals surface area contributed by atoms with E-state index in [-0.39, 0.29) is 29.2 Å². The molecule has 0 aliphatic heterocycles. The fourth-order valence-electron chi connectivity index (χ4n) is 2.50. The third-order valence-electron chi connectivity index (χ3n) is 4.03. The lowest BCUT2D eigenvalue weighted by Crippen LogP contribution is -2.18. The molecule has 0 aliphatic rings. The van der Waals surface area contributed by atoms with Crippen molar-refractivity contribution >= 4 is 33.7 Å². The van der Waals surface area contributed by atoms with Crippen molar-refractivity contribution in [2.24, 2.45) is 5.10 Å². The summed E-state index contributed by atoms with van der Waals surface area (Å²) in [5, 5.41) is 24.4. The molecule has 1 amide bonds. The van der Waals surface area contributed by atoms with Crippen LogP contribution in [0.5, 0.6) is 11.5 Å². The lowest BCUT2D eigenvalue weighted by molar-refractivity contribution is -0.384. The molecule has 0 radical (unpaired) electrons. The first-order chi connectivity index (χ1) is 14.4. The molecule has 3 rings (SSSR count). The molecule has 152 valence electrons. The Morgan fingerprint density at radius 3 is 2.63 bits per heavy atom. The number of nitrogens with zero attached hydrogens (tertiary/aromatic N) is 2. The van der Waals surface area contributed by atoms with Crippen LogP contribution in [0.1, 0.15) is 21.5 Å². The average Bonchev–Trinajstić information content (AvgIpc) is 2.74. The van der Waals surface area contributed by atoms with Crippen LogP contribution in [0, 0.1) is 10.1 Å². The van der Waals surface area contributed by atoms with Crippen molar-refractivity contribution in [1.82, 2.24) is 5.43 Å². The predicted octanol–water partition coefficient (Wildman–Crippen LogP) is 4.41. The quantitative estimate of drug-likeness (QED) is 0.302. The summed E-state index contributed by atoms with van der Waals surface area (Å²) < 4.78 is 6.72. The number of halogens is 1. The molecule has 0 fully saturated rings. The Labute approximate surface area is 180 Å². The van der Waals surface area contributed by atoms with Gasteiger partial charge in [0.25, 0.3) is 11.6 Å². The molecule has 2 N–H and O–H groups in total. The number of phenolic OH excluding ortho intramolecular Hbond substituents is 1. The third kappa shape index (κ3) is 5.42. The summed E-state index contributed by atoms with van der Waals surface area (Å²) in [6.45, 7) is 0.280. The van der Waals surface area contributed by atoms with Crippen molar-refractivity contribution in [2.75, 3.05) is 0 Å². The van der Waals surface area contributed by atoms with Crippen LogP contribution in [0.3, 0.4) is 0 Å². The number of para-hydroxylation sites is 1. The highest BCUT2D eigenvalue weighted by molar-refractivity contribution is 9.10. The number of carbonyl (C=O) groups is 1. The van der Waals surface area contributed by atoms with Gasteiger partial charge in [0.2, 0.25) is 0 Å². The van der Waals surface area contributed by atoms with Crippen LogP contribution in [-0.4, -0.2) is 22.2 Å². The highest BCUT2D eigenvalue weighted by Gasteiger charge is 2.12. The van der Waals surface area contributed by atoms with E-state index >= 15 is 0 Å². The smallest absolute Gasteiger partial charge is 0.275 e. The van der Waals surface area contributed by atoms with Crippen molar-refractivity contribution in [3.63, 3.8) is 0 Å². The number of rotatable bonds is 7. The van der Waals surface area contributed by atoms with E-state index in [1.807, 2.05) is 24.3 Å². The number of hydrogen-bond donors (Lipinski definition) is 2. The monoisotopic (exact) mass is 469 g/mol. The Kier molecular flexibility index (Phi) is 6.76. The highest BCUT2D eigenvalue weighted by Crippen LogP contribution is 2.22. The van der Waals surface area contributed by atoms with Crippen LogP contribution in [0.15, 0.2) is 76.3 Å². The van der Waals surface area contributed by atoms with Gasteiger partial charge in [-0.05, 0) is 35.9 Å². The van der Waals surface area contributed by atoms with E-state index < -0.39 is 10.8 Å². The number of nitrogens with one attached hydrogen (secondary N) is 1. The van der Waals surface area contributed by atoms with Gasteiger partial charge < -0.3 is 9.84 Å². The van der Waals surface area contributed by atoms with Gasteiger partial charge in [-0.25, -0.2) is 5.43 Å². The number of non-ortho nitro benzene ring substituents is 1. The van der Waals surface area contributed by atoms with Crippen LogP contribution in [0.2, 0.25) is 0 Å². The lowest BCUT2D eigenvalue weighted by atomic mass is 10.2. The van der Waals surface area contributed by atoms with Crippen LogP contribution in [0.4, 0.5) is 5.69 Å². The number of phenols is 1. The van der Waals surface area contributed by atoms with E-state index in [1.54, 1.807) is 24.3 Å². The van der Waals surface area contributed by atoms with E-state index in [1.165, 1.54) is 12.1 Å². The molecule has 0 unspecified atom stereocenters. The van der Waals surface area contributed by atoms with Gasteiger partial charge >= 0.3 is 0 Å². The molecule has 3 aromatic carbocycles. The zero-order valence-corrected chi connectivity index (χ0v) is 17.1. The van der Waals surface area contributed by atoms with Gasteiger partial charge in [0, 0.05) is 22.2 Å². The van der Waals surface area contributed by atoms with Crippen LogP contribution in [-0.2, 0) is 6.61 Å². The molecule has 30 heavy (non-hydrogen) atoms. The Bertz CT molecular complexity index is 1100. The highest BCUT2D eigenvalue weighted by atomic mass is 79.9. The van der Waals surface area contributed by atoms with Crippen molar-refractivity contribution in [3.05, 3.63) is 98.0 Å². The largest absolute Gasteiger partial charge is 0.507 e. The third-order valence-corrected chi connectivity index (χ3v) is 4.56. The maximum Gasteiger partial charge on any atom is 0.275 e. The van der Waals surface area contributed by atoms with E-state index in [9.17, 15) is 20.0 Å². The number of aromatic hydroxyl groups is 1. The van der Waals surface area contributed by atoms with Gasteiger partial charge in [-0.3, -0.25) is 14.9 Å². The fourth-order valence-corrected chi connectivity index (χ4v) is 2.77. The summed E-state index contributed by atoms with van der Waals surface area (Å²) in [6, 6.07) is 17.8. The molecule has 0 heterocycles. The summed E-state index contributed by atoms with van der Waals surface area (Å²) in [4.78, 5) is 22.7. The van der Waals surface area contributed by atoms with Crippen LogP contribution >= 0.6 is 15.9 Å². The zero-order valence-electron chi connectivity index (χ0n) is 15.5. The van der Waals surface area contributed by atoms with E-state index in [0.29, 0.717) is 5.75 Å². The fraction of sp³-hybridized carbons (Fsp3) is 0.0476. The average molecular weight is 470 g/mol. The first kappa shape index (κ1) is 21.0. The summed E-state index contributed by atoms with van der Waals surface area (Å²) in [7, 11) is 0. The van der Waals surface area contributed by atoms with Gasteiger partial charge in [-0.1, -0.05) is 40.2 Å². The topological polar surface area (TPSA) is 114 Å². The SMILES string of the molecule is O=C(N/N=C/c1cc([N+](=O)[O-])ccc1O)c1ccccc1OCc1ccc(Br)cc1. The van der Waals surface area contributed by atoms with Gasteiger partial charge in [0.1, 0.15) is 18.1 Å². The number of amides is 1. The second kappa shape index (κ2) is 9.66. The molecule has 9 heteroatoms. The van der Waals surface area contributed by atoms with E-state index in [2.05, 4.69) is 26.5 Å². The number of hydrazone groups is 1. The van der Waals surface area contributed by atoms with Gasteiger partial charge in [-0.15, -0.1) is 0 Å². The standard InChI is InChI=1S/C21H16BrN3O5/c22-16-7-5-14(6-8-16)13-30-20-4-2-1-3-18(20)21(27)24-23-12-15-11-17(25(28)29)9-10-19(15)26/h1-12,26H,13H2,(H,24,27)/b23-12+. The second-order valence-corrected chi connectivity index (χ2v) is 7.03. The summed E-state index contributed by atoms with van der Waals surface area (Å²) >= 11 is 3.37. The van der Waals surface area contributed by atoms with Crippen LogP contribution in [0.25, 0.3) is 0 Å². The van der Waals surface area contributed by atoms with Crippen molar-refractivity contribution in [2.45, 2.75) is 6.61 Å². The molecule has 8 nitrogen and oxygen atoms in total. The molecule has 0 aromatic heterocycles. The van der Waals surface area contributed by atoms with Crippen molar-refractivity contribution in [3.8, 4) is 11.5 Å². The normalized spacial score (nSPS) is 10.7. The number of carbonyl (C=O) groups excluding carboxylic acids is 1. The van der Waals surface area contributed by atoms with Crippen molar-refractivity contribution < 1.29 is 19.6 Å². The van der Waals surface area contributed by atoms with Gasteiger partial charge in [0.15, 0.2) is 0 Å². The molecule has 0 saturated carbocycles. The van der Waals surface area contributed by atoms with Crippen LogP contribution < -0.4 is 10.2 Å². The number of nitro groups is 1. The Hall–Kier alpha value is -3.72. The first-order valence-corrected chi connectivity index (χ1v) is 9.50. The Morgan fingerprint density at radius 2 is 1.90 bits per heavy atom. The molecule has 0 saturated heterocycles. The molecular formula is C21H16BrN3O5. The zero-order chi connectivity index (χ0) is 21.5. The summed E-state index contributed by atoms with van der Waals surface area (Å²) in [6.07, 6.45) is 1.13. The second-order valence-electron chi connectivity index (χ2n) is 6.11. The minimum absolute atomic E-state index is 0.101. The maximum atomic E-state index is 12.5. The molecule has 0 spiro atoms. The maximum absolute atomic E-state index is 12.5. The van der Waals surface area contributed by atoms with Gasteiger partial charge in [-0.2, -0.15) is 5.10 Å². The minimum atomic E-state index is -0.589. The van der Waals surface area contributed by atoms with Crippen molar-refractivity contribution in [1.29, 1.82) is 0 Å². The molecule has 0 bridgehead atoms. The Morgan fingerprint density at radius 1 is 1.17 bits per heavy atom. The number of hydrogen-bond acceptors (Lipinski definition) is 6. The van der Waals surface area contributed by atoms with E-state index in [0.717, 1.165) is 22.3 Å². The Balaban J connectivity index is 1.69. The number of ether oxygens (including phenoxy) is 1. The van der Waals surface area contributed by atoms with Gasteiger partial charge in [0.05, 0.1) is 16.7 Å². The summed E-state index contributed by atoms with van der Waals surface area (Å²) in [5.74, 6) is -0.342. The lowest BCUT2D eigenvalue weighted by Gasteiger charge is -2.10. The molecule has 0 atom stereocenters. The minimum Gasteiger partial charge on any atom is -0.507 e. The molecule has 3 aromatic rings. The van der Waals surface area contributed by atoms with E-state index in [4.69, 9.17) is 4.74 Å². The number of nitro benzene ring substituents is 1. The first-order valence-electron chi connectivity index (χ1n) is 8.71. The molecule has 0 aliphatic carbocycles. The summed E-state index contributed by atoms with van der Waals surface area (Å²) in [5.41, 5.74) is 3.44. The predicted molar refractivity (Wildman–Crippen MR) is 115 cm³/mol.